The Kier molecular flexibility index (Phi) is 3.23. The second-order valence-electron chi connectivity index (χ2n) is 3.95. The average Bonchev–Trinajstić information content (AvgIpc) is 2.44. The van der Waals surface area contributed by atoms with Gasteiger partial charge in [0.1, 0.15) is 5.82 Å². The van der Waals surface area contributed by atoms with Crippen LogP contribution in [0.4, 0.5) is 19.0 Å². The molecular weight excluding hydrogens is 273 g/mol. The van der Waals surface area contributed by atoms with E-state index >= 15 is 0 Å². The maximum atomic E-state index is 12.1. The first kappa shape index (κ1) is 13.1. The zero-order valence-electron chi connectivity index (χ0n) is 9.11. The van der Waals surface area contributed by atoms with Crippen LogP contribution >= 0.6 is 0 Å². The van der Waals surface area contributed by atoms with Crippen LogP contribution in [-0.2, 0) is 10.0 Å². The molecule has 102 valence electrons. The normalized spacial score (nSPS) is 17.5. The largest absolute Gasteiger partial charge is 0.404 e. The van der Waals surface area contributed by atoms with Crippen molar-refractivity contribution in [3.05, 3.63) is 12.3 Å². The van der Waals surface area contributed by atoms with Gasteiger partial charge < -0.3 is 5.32 Å². The molecule has 2 rings (SSSR count). The number of nitrogens with one attached hydrogen (secondary N) is 2. The van der Waals surface area contributed by atoms with Crippen molar-refractivity contribution in [2.24, 2.45) is 0 Å². The Morgan fingerprint density at radius 1 is 1.50 bits per heavy atom. The molecule has 0 radical (unpaired) electrons. The number of anilines is 1. The molecule has 0 bridgehead atoms. The molecule has 0 saturated carbocycles. The highest BCUT2D eigenvalue weighted by atomic mass is 32.2. The fraction of sp³-hybridized carbons (Fsp3) is 0.625. The standard InChI is InChI=1S/C8H11F3N4O2S/c9-8(10,11)5-18(16,17)14-7-1-2-13-15(7)6-3-12-4-6/h1-2,6,12,14H,3-5H2. The number of aromatic nitrogens is 2. The zero-order valence-corrected chi connectivity index (χ0v) is 9.92. The fourth-order valence-electron chi connectivity index (χ4n) is 1.54. The molecule has 6 nitrogen and oxygen atoms in total. The topological polar surface area (TPSA) is 76.0 Å². The van der Waals surface area contributed by atoms with E-state index in [9.17, 15) is 21.6 Å². The molecule has 2 heterocycles. The molecule has 1 fully saturated rings. The smallest absolute Gasteiger partial charge is 0.312 e. The van der Waals surface area contributed by atoms with E-state index in [1.54, 1.807) is 0 Å². The van der Waals surface area contributed by atoms with Gasteiger partial charge in [0.25, 0.3) is 0 Å². The van der Waals surface area contributed by atoms with Gasteiger partial charge in [-0.15, -0.1) is 0 Å². The maximum absolute atomic E-state index is 12.1. The fourth-order valence-corrected chi connectivity index (χ4v) is 2.53. The van der Waals surface area contributed by atoms with Crippen LogP contribution in [0, 0.1) is 0 Å². The van der Waals surface area contributed by atoms with Gasteiger partial charge in [-0.05, 0) is 0 Å². The molecule has 10 heteroatoms. The van der Waals surface area contributed by atoms with Crippen molar-refractivity contribution in [3.8, 4) is 0 Å². The number of alkyl halides is 3. The molecule has 18 heavy (non-hydrogen) atoms. The van der Waals surface area contributed by atoms with Gasteiger partial charge in [0.05, 0.1) is 12.2 Å². The first-order chi connectivity index (χ1) is 8.27. The van der Waals surface area contributed by atoms with Crippen molar-refractivity contribution in [2.45, 2.75) is 12.2 Å². The Morgan fingerprint density at radius 3 is 2.67 bits per heavy atom. The highest BCUT2D eigenvalue weighted by Crippen LogP contribution is 2.21. The number of halogens is 3. The van der Waals surface area contributed by atoms with E-state index in [0.717, 1.165) is 0 Å². The lowest BCUT2D eigenvalue weighted by molar-refractivity contribution is -0.106. The molecule has 0 unspecified atom stereocenters. The summed E-state index contributed by atoms with van der Waals surface area (Å²) in [5, 5.41) is 6.85. The molecule has 0 amide bonds. The molecule has 1 aliphatic heterocycles. The van der Waals surface area contributed by atoms with Crippen molar-refractivity contribution >= 4 is 15.8 Å². The summed E-state index contributed by atoms with van der Waals surface area (Å²) in [6.07, 6.45) is -3.43. The van der Waals surface area contributed by atoms with Crippen molar-refractivity contribution < 1.29 is 21.6 Å². The lowest BCUT2D eigenvalue weighted by Crippen LogP contribution is -2.44. The Balaban J connectivity index is 2.11. The third kappa shape index (κ3) is 3.13. The van der Waals surface area contributed by atoms with Crippen LogP contribution in [0.1, 0.15) is 6.04 Å². The van der Waals surface area contributed by atoms with Crippen LogP contribution in [0.3, 0.4) is 0 Å². The third-order valence-corrected chi connectivity index (χ3v) is 3.62. The minimum atomic E-state index is -4.77. The van der Waals surface area contributed by atoms with Crippen LogP contribution < -0.4 is 10.0 Å². The Bertz CT molecular complexity index is 521. The van der Waals surface area contributed by atoms with Gasteiger partial charge >= 0.3 is 6.18 Å². The van der Waals surface area contributed by atoms with Gasteiger partial charge in [-0.3, -0.25) is 4.72 Å². The zero-order chi connectivity index (χ0) is 13.4. The van der Waals surface area contributed by atoms with E-state index < -0.39 is 22.0 Å². The molecule has 0 aliphatic carbocycles. The lowest BCUT2D eigenvalue weighted by Gasteiger charge is -2.28. The molecule has 1 aromatic rings. The molecule has 1 aliphatic rings. The Hall–Kier alpha value is -1.29. The molecule has 0 aromatic carbocycles. The number of sulfonamides is 1. The summed E-state index contributed by atoms with van der Waals surface area (Å²) >= 11 is 0. The van der Waals surface area contributed by atoms with Crippen LogP contribution in [-0.4, -0.2) is 43.2 Å². The summed E-state index contributed by atoms with van der Waals surface area (Å²) in [5.41, 5.74) is 0. The van der Waals surface area contributed by atoms with Crippen molar-refractivity contribution in [3.63, 3.8) is 0 Å². The molecule has 1 aromatic heterocycles. The number of hydrogen-bond acceptors (Lipinski definition) is 4. The van der Waals surface area contributed by atoms with Gasteiger partial charge in [0.2, 0.25) is 10.0 Å². The SMILES string of the molecule is O=S(=O)(CC(F)(F)F)Nc1ccnn1C1CNC1. The van der Waals surface area contributed by atoms with Crippen molar-refractivity contribution in [1.82, 2.24) is 15.1 Å². The Morgan fingerprint density at radius 2 is 2.17 bits per heavy atom. The molecular formula is C8H11F3N4O2S. The van der Waals surface area contributed by atoms with Crippen LogP contribution in [0.15, 0.2) is 12.3 Å². The van der Waals surface area contributed by atoms with Crippen LogP contribution in [0.2, 0.25) is 0 Å². The minimum Gasteiger partial charge on any atom is -0.312 e. The van der Waals surface area contributed by atoms with Crippen molar-refractivity contribution in [1.29, 1.82) is 0 Å². The highest BCUT2D eigenvalue weighted by molar-refractivity contribution is 7.92. The third-order valence-electron chi connectivity index (χ3n) is 2.39. The van der Waals surface area contributed by atoms with E-state index in [4.69, 9.17) is 0 Å². The van der Waals surface area contributed by atoms with E-state index in [1.807, 2.05) is 4.72 Å². The number of nitrogens with zero attached hydrogens (tertiary/aromatic N) is 2. The molecule has 2 N–H and O–H groups in total. The molecule has 0 spiro atoms. The summed E-state index contributed by atoms with van der Waals surface area (Å²) in [6.45, 7) is 1.21. The van der Waals surface area contributed by atoms with Gasteiger partial charge in [-0.1, -0.05) is 0 Å². The van der Waals surface area contributed by atoms with Gasteiger partial charge in [-0.25, -0.2) is 13.1 Å². The number of rotatable bonds is 4. The predicted molar refractivity (Wildman–Crippen MR) is 57.6 cm³/mol. The van der Waals surface area contributed by atoms with Crippen LogP contribution in [0.25, 0.3) is 0 Å². The highest BCUT2D eigenvalue weighted by Gasteiger charge is 2.36. The monoisotopic (exact) mass is 284 g/mol. The van der Waals surface area contributed by atoms with Gasteiger partial charge in [0, 0.05) is 19.2 Å². The van der Waals surface area contributed by atoms with E-state index in [0.29, 0.717) is 13.1 Å². The van der Waals surface area contributed by atoms with E-state index in [-0.39, 0.29) is 11.9 Å². The summed E-state index contributed by atoms with van der Waals surface area (Å²) in [5.74, 6) is -1.86. The molecule has 0 atom stereocenters. The average molecular weight is 284 g/mol. The first-order valence-corrected chi connectivity index (χ1v) is 6.73. The van der Waals surface area contributed by atoms with Gasteiger partial charge in [0.15, 0.2) is 5.75 Å². The second-order valence-corrected chi connectivity index (χ2v) is 5.67. The Labute approximate surface area is 101 Å². The van der Waals surface area contributed by atoms with E-state index in [2.05, 4.69) is 10.4 Å². The molecule has 1 saturated heterocycles. The van der Waals surface area contributed by atoms with Crippen LogP contribution in [0.5, 0.6) is 0 Å². The predicted octanol–water partition coefficient (Wildman–Crippen LogP) is 0.331. The number of hydrogen-bond donors (Lipinski definition) is 2. The summed E-state index contributed by atoms with van der Waals surface area (Å²) in [7, 11) is -4.46. The summed E-state index contributed by atoms with van der Waals surface area (Å²) < 4.78 is 62.1. The quantitative estimate of drug-likeness (QED) is 0.835. The lowest BCUT2D eigenvalue weighted by atomic mass is 10.2. The summed E-state index contributed by atoms with van der Waals surface area (Å²) in [4.78, 5) is 0. The first-order valence-electron chi connectivity index (χ1n) is 5.08. The summed E-state index contributed by atoms with van der Waals surface area (Å²) in [6, 6.07) is 1.29. The maximum Gasteiger partial charge on any atom is 0.404 e. The minimum absolute atomic E-state index is 0.0383. The van der Waals surface area contributed by atoms with Crippen molar-refractivity contribution in [2.75, 3.05) is 23.6 Å². The second kappa shape index (κ2) is 4.43. The van der Waals surface area contributed by atoms with E-state index in [1.165, 1.54) is 16.9 Å². The van der Waals surface area contributed by atoms with Gasteiger partial charge in [-0.2, -0.15) is 18.3 Å².